The molecule has 1 amide bonds. The highest BCUT2D eigenvalue weighted by Crippen LogP contribution is 2.24. The Morgan fingerprint density at radius 2 is 2.29 bits per heavy atom. The van der Waals surface area contributed by atoms with E-state index in [1.54, 1.807) is 31.0 Å². The third-order valence-electron chi connectivity index (χ3n) is 3.94. The number of carbonyl (C=O) groups is 1. The molecule has 0 bridgehead atoms. The molecule has 6 nitrogen and oxygen atoms in total. The maximum absolute atomic E-state index is 12.6. The van der Waals surface area contributed by atoms with Crippen LogP contribution in [0.25, 0.3) is 0 Å². The molecule has 1 aliphatic heterocycles. The van der Waals surface area contributed by atoms with Crippen LogP contribution in [0.2, 0.25) is 0 Å². The molecule has 1 aromatic rings. The van der Waals surface area contributed by atoms with Crippen LogP contribution in [0.5, 0.6) is 0 Å². The first-order valence-corrected chi connectivity index (χ1v) is 7.21. The second-order valence-corrected chi connectivity index (χ2v) is 5.62. The standard InChI is InChI=1S/C15H21N3O3/c1-11-5-3-7-13(18(20)21)14(11)15(19)17(2)10-12-6-4-8-16-9-12/h3,5,7,12,16H,4,6,8-10H2,1-2H3. The predicted octanol–water partition coefficient (Wildman–Crippen LogP) is 1.97. The minimum atomic E-state index is -0.490. The van der Waals surface area contributed by atoms with Gasteiger partial charge in [-0.15, -0.1) is 0 Å². The molecule has 0 aliphatic carbocycles. The minimum Gasteiger partial charge on any atom is -0.341 e. The van der Waals surface area contributed by atoms with Crippen molar-refractivity contribution in [3.8, 4) is 0 Å². The molecule has 0 spiro atoms. The van der Waals surface area contributed by atoms with Gasteiger partial charge in [0.05, 0.1) is 4.92 Å². The number of nitrogens with one attached hydrogen (secondary N) is 1. The Balaban J connectivity index is 2.17. The minimum absolute atomic E-state index is 0.117. The van der Waals surface area contributed by atoms with E-state index >= 15 is 0 Å². The summed E-state index contributed by atoms with van der Waals surface area (Å²) in [6.45, 7) is 4.28. The molecule has 1 aliphatic rings. The van der Waals surface area contributed by atoms with E-state index in [2.05, 4.69) is 5.32 Å². The van der Waals surface area contributed by atoms with Crippen molar-refractivity contribution in [2.24, 2.45) is 5.92 Å². The molecule has 1 unspecified atom stereocenters. The first-order valence-electron chi connectivity index (χ1n) is 7.21. The number of rotatable bonds is 4. The van der Waals surface area contributed by atoms with Crippen molar-refractivity contribution in [3.05, 3.63) is 39.4 Å². The van der Waals surface area contributed by atoms with Crippen molar-refractivity contribution in [1.29, 1.82) is 0 Å². The number of amides is 1. The monoisotopic (exact) mass is 291 g/mol. The number of nitro benzene ring substituents is 1. The fourth-order valence-electron chi connectivity index (χ4n) is 2.82. The molecule has 1 fully saturated rings. The van der Waals surface area contributed by atoms with Crippen LogP contribution >= 0.6 is 0 Å². The molecule has 0 radical (unpaired) electrons. The first kappa shape index (κ1) is 15.4. The lowest BCUT2D eigenvalue weighted by Crippen LogP contribution is -2.39. The highest BCUT2D eigenvalue weighted by atomic mass is 16.6. The second-order valence-electron chi connectivity index (χ2n) is 5.62. The lowest BCUT2D eigenvalue weighted by molar-refractivity contribution is -0.385. The van der Waals surface area contributed by atoms with E-state index in [1.807, 2.05) is 0 Å². The van der Waals surface area contributed by atoms with E-state index < -0.39 is 4.92 Å². The van der Waals surface area contributed by atoms with Crippen molar-refractivity contribution >= 4 is 11.6 Å². The SMILES string of the molecule is Cc1cccc([N+](=O)[O-])c1C(=O)N(C)CC1CCCNC1. The zero-order chi connectivity index (χ0) is 15.4. The summed E-state index contributed by atoms with van der Waals surface area (Å²) >= 11 is 0. The van der Waals surface area contributed by atoms with Gasteiger partial charge in [-0.2, -0.15) is 0 Å². The topological polar surface area (TPSA) is 75.5 Å². The number of benzene rings is 1. The maximum Gasteiger partial charge on any atom is 0.282 e. The summed E-state index contributed by atoms with van der Waals surface area (Å²) in [5.41, 5.74) is 0.727. The van der Waals surface area contributed by atoms with Crippen molar-refractivity contribution < 1.29 is 9.72 Å². The molecular formula is C15H21N3O3. The van der Waals surface area contributed by atoms with Gasteiger partial charge in [-0.1, -0.05) is 12.1 Å². The molecule has 114 valence electrons. The number of carbonyl (C=O) groups excluding carboxylic acids is 1. The number of hydrogen-bond acceptors (Lipinski definition) is 4. The lowest BCUT2D eigenvalue weighted by Gasteiger charge is -2.27. The second kappa shape index (κ2) is 6.67. The predicted molar refractivity (Wildman–Crippen MR) is 80.4 cm³/mol. The molecular weight excluding hydrogens is 270 g/mol. The van der Waals surface area contributed by atoms with Gasteiger partial charge in [0.1, 0.15) is 5.56 Å². The van der Waals surface area contributed by atoms with Gasteiger partial charge in [-0.3, -0.25) is 14.9 Å². The molecule has 0 aromatic heterocycles. The van der Waals surface area contributed by atoms with Gasteiger partial charge in [0.25, 0.3) is 11.6 Å². The molecule has 1 atom stereocenters. The molecule has 1 N–H and O–H groups in total. The molecule has 1 saturated heterocycles. The zero-order valence-electron chi connectivity index (χ0n) is 12.5. The normalized spacial score (nSPS) is 18.3. The summed E-state index contributed by atoms with van der Waals surface area (Å²) in [5.74, 6) is 0.140. The number of hydrogen-bond donors (Lipinski definition) is 1. The van der Waals surface area contributed by atoms with Gasteiger partial charge in [-0.25, -0.2) is 0 Å². The zero-order valence-corrected chi connectivity index (χ0v) is 12.5. The first-order chi connectivity index (χ1) is 10.0. The Hall–Kier alpha value is -1.95. The Kier molecular flexibility index (Phi) is 4.90. The van der Waals surface area contributed by atoms with Crippen LogP contribution in [0.1, 0.15) is 28.8 Å². The quantitative estimate of drug-likeness (QED) is 0.680. The Bertz CT molecular complexity index is 539. The van der Waals surface area contributed by atoms with Gasteiger partial charge in [0.15, 0.2) is 0 Å². The molecule has 0 saturated carbocycles. The number of piperidine rings is 1. The third-order valence-corrected chi connectivity index (χ3v) is 3.94. The summed E-state index contributed by atoms with van der Waals surface area (Å²) in [6, 6.07) is 4.72. The van der Waals surface area contributed by atoms with Crippen LogP contribution in [0.4, 0.5) is 5.69 Å². The van der Waals surface area contributed by atoms with E-state index in [0.29, 0.717) is 18.0 Å². The van der Waals surface area contributed by atoms with Crippen LogP contribution in [0.15, 0.2) is 18.2 Å². The summed E-state index contributed by atoms with van der Waals surface area (Å²) in [5, 5.41) is 14.4. The maximum atomic E-state index is 12.6. The van der Waals surface area contributed by atoms with Crippen molar-refractivity contribution in [2.75, 3.05) is 26.7 Å². The van der Waals surface area contributed by atoms with Crippen molar-refractivity contribution in [2.45, 2.75) is 19.8 Å². The van der Waals surface area contributed by atoms with Gasteiger partial charge in [0.2, 0.25) is 0 Å². The van der Waals surface area contributed by atoms with Gasteiger partial charge >= 0.3 is 0 Å². The van der Waals surface area contributed by atoms with E-state index in [0.717, 1.165) is 25.9 Å². The van der Waals surface area contributed by atoms with Gasteiger partial charge in [0, 0.05) is 19.7 Å². The Morgan fingerprint density at radius 3 is 2.90 bits per heavy atom. The van der Waals surface area contributed by atoms with Crippen LogP contribution in [0.3, 0.4) is 0 Å². The van der Waals surface area contributed by atoms with E-state index in [1.165, 1.54) is 6.07 Å². The average Bonchev–Trinajstić information content (AvgIpc) is 2.47. The van der Waals surface area contributed by atoms with Crippen molar-refractivity contribution in [1.82, 2.24) is 10.2 Å². The Morgan fingerprint density at radius 1 is 1.52 bits per heavy atom. The summed E-state index contributed by atoms with van der Waals surface area (Å²) in [6.07, 6.45) is 2.19. The van der Waals surface area contributed by atoms with Crippen molar-refractivity contribution in [3.63, 3.8) is 0 Å². The van der Waals surface area contributed by atoms with Gasteiger partial charge in [-0.05, 0) is 44.3 Å². The average molecular weight is 291 g/mol. The number of aryl methyl sites for hydroxylation is 1. The van der Waals surface area contributed by atoms with Crippen LogP contribution in [-0.4, -0.2) is 42.4 Å². The fraction of sp³-hybridized carbons (Fsp3) is 0.533. The smallest absolute Gasteiger partial charge is 0.282 e. The number of nitrogens with zero attached hydrogens (tertiary/aromatic N) is 2. The molecule has 6 heteroatoms. The van der Waals surface area contributed by atoms with E-state index in [-0.39, 0.29) is 17.2 Å². The summed E-state index contributed by atoms with van der Waals surface area (Å²) in [4.78, 5) is 24.8. The molecule has 1 heterocycles. The van der Waals surface area contributed by atoms with Crippen LogP contribution < -0.4 is 5.32 Å². The van der Waals surface area contributed by atoms with Crippen LogP contribution in [0, 0.1) is 23.0 Å². The molecule has 21 heavy (non-hydrogen) atoms. The highest BCUT2D eigenvalue weighted by Gasteiger charge is 2.26. The fourth-order valence-corrected chi connectivity index (χ4v) is 2.82. The summed E-state index contributed by atoms with van der Waals surface area (Å²) < 4.78 is 0. The largest absolute Gasteiger partial charge is 0.341 e. The lowest BCUT2D eigenvalue weighted by atomic mass is 9.98. The number of nitro groups is 1. The molecule has 1 aromatic carbocycles. The Labute approximate surface area is 124 Å². The summed E-state index contributed by atoms with van der Waals surface area (Å²) in [7, 11) is 1.72. The van der Waals surface area contributed by atoms with Crippen LogP contribution in [-0.2, 0) is 0 Å². The van der Waals surface area contributed by atoms with E-state index in [9.17, 15) is 14.9 Å². The van der Waals surface area contributed by atoms with Gasteiger partial charge < -0.3 is 10.2 Å². The highest BCUT2D eigenvalue weighted by molar-refractivity contribution is 5.99. The third kappa shape index (κ3) is 3.58. The molecule has 2 rings (SSSR count). The van der Waals surface area contributed by atoms with E-state index in [4.69, 9.17) is 0 Å².